The molecule has 0 aliphatic carbocycles. The van der Waals surface area contributed by atoms with E-state index in [1.165, 1.54) is 16.4 Å². The highest BCUT2D eigenvalue weighted by atomic mass is 127. The number of guanidine groups is 1. The molecule has 2 aromatic carbocycles. The average molecular weight is 562 g/mol. The maximum Gasteiger partial charge on any atom is 0.236 e. The van der Waals surface area contributed by atoms with E-state index in [4.69, 9.17) is 4.74 Å². The third-order valence-electron chi connectivity index (χ3n) is 4.76. The molecular formula is C21H28FIN4O3S. The van der Waals surface area contributed by atoms with Crippen LogP contribution in [0.5, 0.6) is 5.75 Å². The Balaban J connectivity index is 0.00000341. The molecule has 1 unspecified atom stereocenters. The van der Waals surface area contributed by atoms with E-state index in [9.17, 15) is 12.8 Å². The van der Waals surface area contributed by atoms with Crippen LogP contribution in [0.2, 0.25) is 0 Å². The fourth-order valence-electron chi connectivity index (χ4n) is 3.25. The SMILES string of the molecule is CN=C(NCCS(=O)(=O)N1CCc2ccccc21)NCC(C)Oc1ccc(F)cc1.I. The predicted octanol–water partition coefficient (Wildman–Crippen LogP) is 2.77. The molecule has 7 nitrogen and oxygen atoms in total. The summed E-state index contributed by atoms with van der Waals surface area (Å²) in [5, 5.41) is 6.13. The summed E-state index contributed by atoms with van der Waals surface area (Å²) < 4.78 is 45.6. The van der Waals surface area contributed by atoms with Gasteiger partial charge in [-0.15, -0.1) is 24.0 Å². The van der Waals surface area contributed by atoms with Gasteiger partial charge in [-0.25, -0.2) is 12.8 Å². The van der Waals surface area contributed by atoms with E-state index >= 15 is 0 Å². The van der Waals surface area contributed by atoms with Crippen molar-refractivity contribution < 1.29 is 17.5 Å². The number of nitrogens with one attached hydrogen (secondary N) is 2. The first-order valence-electron chi connectivity index (χ1n) is 9.84. The lowest BCUT2D eigenvalue weighted by Crippen LogP contribution is -2.44. The average Bonchev–Trinajstić information content (AvgIpc) is 3.17. The zero-order chi connectivity index (χ0) is 21.6. The molecule has 0 bridgehead atoms. The standard InChI is InChI=1S/C21H27FN4O3S.HI/c1-16(29-19-9-7-18(22)8-10-19)15-25-21(23-2)24-12-14-30(27,28)26-13-11-17-5-3-4-6-20(17)26;/h3-10,16H,11-15H2,1-2H3,(H2,23,24,25);1H. The summed E-state index contributed by atoms with van der Waals surface area (Å²) in [5.74, 6) is 0.709. The van der Waals surface area contributed by atoms with Gasteiger partial charge in [-0.1, -0.05) is 18.2 Å². The molecule has 31 heavy (non-hydrogen) atoms. The zero-order valence-electron chi connectivity index (χ0n) is 17.5. The number of aliphatic imine (C=N–C) groups is 1. The lowest BCUT2D eigenvalue weighted by atomic mass is 10.2. The number of nitrogens with zero attached hydrogens (tertiary/aromatic N) is 2. The number of hydrogen-bond acceptors (Lipinski definition) is 4. The summed E-state index contributed by atoms with van der Waals surface area (Å²) >= 11 is 0. The maximum absolute atomic E-state index is 13.0. The summed E-state index contributed by atoms with van der Waals surface area (Å²) in [6, 6.07) is 13.4. The fourth-order valence-corrected chi connectivity index (χ4v) is 4.68. The van der Waals surface area contributed by atoms with E-state index in [2.05, 4.69) is 15.6 Å². The smallest absolute Gasteiger partial charge is 0.236 e. The molecule has 1 heterocycles. The molecule has 0 aromatic heterocycles. The van der Waals surface area contributed by atoms with Crippen LogP contribution >= 0.6 is 24.0 Å². The summed E-state index contributed by atoms with van der Waals surface area (Å²) in [7, 11) is -1.80. The number of anilines is 1. The Labute approximate surface area is 200 Å². The number of ether oxygens (including phenoxy) is 1. The Morgan fingerprint density at radius 3 is 2.61 bits per heavy atom. The molecule has 170 valence electrons. The molecule has 2 N–H and O–H groups in total. The van der Waals surface area contributed by atoms with Crippen molar-refractivity contribution in [2.45, 2.75) is 19.4 Å². The Kier molecular flexibility index (Phi) is 9.35. The number of hydrogen-bond donors (Lipinski definition) is 2. The molecule has 0 saturated heterocycles. The van der Waals surface area contributed by atoms with Gasteiger partial charge in [0.2, 0.25) is 10.0 Å². The van der Waals surface area contributed by atoms with E-state index in [0.717, 1.165) is 17.7 Å². The van der Waals surface area contributed by atoms with Crippen molar-refractivity contribution in [2.75, 3.05) is 36.7 Å². The minimum atomic E-state index is -3.42. The molecule has 1 aliphatic heterocycles. The Morgan fingerprint density at radius 2 is 1.90 bits per heavy atom. The zero-order valence-corrected chi connectivity index (χ0v) is 20.7. The van der Waals surface area contributed by atoms with Crippen molar-refractivity contribution in [1.29, 1.82) is 0 Å². The van der Waals surface area contributed by atoms with Gasteiger partial charge in [0.15, 0.2) is 5.96 Å². The van der Waals surface area contributed by atoms with Gasteiger partial charge in [0.05, 0.1) is 18.0 Å². The van der Waals surface area contributed by atoms with E-state index in [1.807, 2.05) is 31.2 Å². The van der Waals surface area contributed by atoms with Gasteiger partial charge in [-0.3, -0.25) is 9.30 Å². The van der Waals surface area contributed by atoms with Crippen molar-refractivity contribution >= 4 is 45.6 Å². The second-order valence-electron chi connectivity index (χ2n) is 7.03. The molecular weight excluding hydrogens is 534 g/mol. The topological polar surface area (TPSA) is 83.0 Å². The van der Waals surface area contributed by atoms with Gasteiger partial charge in [0, 0.05) is 20.1 Å². The Bertz CT molecular complexity index is 986. The van der Waals surface area contributed by atoms with Gasteiger partial charge in [0.1, 0.15) is 17.7 Å². The van der Waals surface area contributed by atoms with Gasteiger partial charge in [-0.05, 0) is 49.2 Å². The molecule has 0 radical (unpaired) electrons. The maximum atomic E-state index is 13.0. The van der Waals surface area contributed by atoms with Crippen LogP contribution in [-0.2, 0) is 16.4 Å². The van der Waals surface area contributed by atoms with Crippen molar-refractivity contribution in [3.8, 4) is 5.75 Å². The number of sulfonamides is 1. The first-order chi connectivity index (χ1) is 14.4. The van der Waals surface area contributed by atoms with Crippen LogP contribution in [0, 0.1) is 5.82 Å². The predicted molar refractivity (Wildman–Crippen MR) is 133 cm³/mol. The molecule has 0 spiro atoms. The summed E-state index contributed by atoms with van der Waals surface area (Å²) in [4.78, 5) is 4.11. The fraction of sp³-hybridized carbons (Fsp3) is 0.381. The van der Waals surface area contributed by atoms with E-state index in [-0.39, 0.29) is 48.2 Å². The first kappa shape index (κ1) is 25.2. The van der Waals surface area contributed by atoms with E-state index in [1.54, 1.807) is 19.2 Å². The third kappa shape index (κ3) is 6.96. The van der Waals surface area contributed by atoms with Crippen molar-refractivity contribution in [3.63, 3.8) is 0 Å². The van der Waals surface area contributed by atoms with Crippen LogP contribution < -0.4 is 19.7 Å². The van der Waals surface area contributed by atoms with Crippen LogP contribution in [0.4, 0.5) is 10.1 Å². The first-order valence-corrected chi connectivity index (χ1v) is 11.4. The highest BCUT2D eigenvalue weighted by molar-refractivity contribution is 14.0. The van der Waals surface area contributed by atoms with Crippen LogP contribution in [0.1, 0.15) is 12.5 Å². The van der Waals surface area contributed by atoms with Crippen molar-refractivity contribution in [3.05, 3.63) is 59.9 Å². The second-order valence-corrected chi connectivity index (χ2v) is 9.04. The second kappa shape index (κ2) is 11.5. The minimum Gasteiger partial charge on any atom is -0.489 e. The van der Waals surface area contributed by atoms with Gasteiger partial charge in [-0.2, -0.15) is 0 Å². The largest absolute Gasteiger partial charge is 0.489 e. The van der Waals surface area contributed by atoms with Crippen LogP contribution in [-0.4, -0.2) is 52.9 Å². The number of halogens is 2. The van der Waals surface area contributed by atoms with Crippen molar-refractivity contribution in [1.82, 2.24) is 10.6 Å². The quantitative estimate of drug-likeness (QED) is 0.294. The van der Waals surface area contributed by atoms with E-state index in [0.29, 0.717) is 24.8 Å². The molecule has 0 fully saturated rings. The molecule has 2 aromatic rings. The highest BCUT2D eigenvalue weighted by Gasteiger charge is 2.28. The Morgan fingerprint density at radius 1 is 1.19 bits per heavy atom. The van der Waals surface area contributed by atoms with Crippen LogP contribution in [0.15, 0.2) is 53.5 Å². The third-order valence-corrected chi connectivity index (χ3v) is 6.54. The lowest BCUT2D eigenvalue weighted by Gasteiger charge is -2.21. The van der Waals surface area contributed by atoms with Crippen LogP contribution in [0.25, 0.3) is 0 Å². The van der Waals surface area contributed by atoms with Gasteiger partial charge < -0.3 is 15.4 Å². The van der Waals surface area contributed by atoms with Crippen LogP contribution in [0.3, 0.4) is 0 Å². The molecule has 3 rings (SSSR count). The van der Waals surface area contributed by atoms with Gasteiger partial charge >= 0.3 is 0 Å². The summed E-state index contributed by atoms with van der Waals surface area (Å²) in [6.07, 6.45) is 0.539. The molecule has 1 atom stereocenters. The number of fused-ring (bicyclic) bond motifs is 1. The summed E-state index contributed by atoms with van der Waals surface area (Å²) in [6.45, 7) is 3.03. The number of benzene rings is 2. The lowest BCUT2D eigenvalue weighted by molar-refractivity contribution is 0.223. The Hall–Kier alpha value is -2.08. The number of rotatable bonds is 8. The number of para-hydroxylation sites is 1. The molecule has 0 saturated carbocycles. The monoisotopic (exact) mass is 562 g/mol. The molecule has 0 amide bonds. The van der Waals surface area contributed by atoms with Gasteiger partial charge in [0.25, 0.3) is 0 Å². The minimum absolute atomic E-state index is 0. The van der Waals surface area contributed by atoms with E-state index < -0.39 is 10.0 Å². The molecule has 1 aliphatic rings. The van der Waals surface area contributed by atoms with Crippen molar-refractivity contribution in [2.24, 2.45) is 4.99 Å². The highest BCUT2D eigenvalue weighted by Crippen LogP contribution is 2.29. The molecule has 10 heteroatoms. The normalized spacial score (nSPS) is 14.4. The summed E-state index contributed by atoms with van der Waals surface area (Å²) in [5.41, 5.74) is 1.83.